The van der Waals surface area contributed by atoms with Crippen molar-refractivity contribution in [3.05, 3.63) is 36.9 Å². The molecule has 1 aromatic rings. The largest absolute Gasteiger partial charge is 0.424 e. The van der Waals surface area contributed by atoms with Gasteiger partial charge in [-0.05, 0) is 35.6 Å². The molecule has 0 bridgehead atoms. The van der Waals surface area contributed by atoms with Gasteiger partial charge >= 0.3 is 6.18 Å². The van der Waals surface area contributed by atoms with Gasteiger partial charge < -0.3 is 0 Å². The second-order valence-corrected chi connectivity index (χ2v) is 4.21. The van der Waals surface area contributed by atoms with Gasteiger partial charge in [-0.15, -0.1) is 0 Å². The second-order valence-electron chi connectivity index (χ2n) is 3.13. The van der Waals surface area contributed by atoms with Crippen LogP contribution in [0, 0.1) is 13.7 Å². The van der Waals surface area contributed by atoms with E-state index in [-0.39, 0.29) is 5.56 Å². The van der Waals surface area contributed by atoms with Crippen molar-refractivity contribution < 1.29 is 22.9 Å². The Morgan fingerprint density at radius 1 is 1.41 bits per heavy atom. The van der Waals surface area contributed by atoms with E-state index in [4.69, 9.17) is 0 Å². The summed E-state index contributed by atoms with van der Waals surface area (Å²) in [5, 5.41) is 10.5. The standard InChI is InChI=1S/C9H5F3INO3/c1-4(15)5-2-3-6(14(16)17)7(8(5)13)9(10,11)12/h2-3H,1H3. The topological polar surface area (TPSA) is 60.2 Å². The van der Waals surface area contributed by atoms with E-state index >= 15 is 0 Å². The minimum Gasteiger partial charge on any atom is -0.294 e. The number of nitro groups is 1. The minimum atomic E-state index is -4.87. The van der Waals surface area contributed by atoms with Crippen LogP contribution in [0.15, 0.2) is 12.1 Å². The van der Waals surface area contributed by atoms with E-state index in [9.17, 15) is 28.1 Å². The maximum Gasteiger partial charge on any atom is 0.424 e. The van der Waals surface area contributed by atoms with Gasteiger partial charge in [-0.1, -0.05) is 0 Å². The van der Waals surface area contributed by atoms with Gasteiger partial charge in [0.1, 0.15) is 5.56 Å². The molecule has 0 amide bonds. The lowest BCUT2D eigenvalue weighted by Crippen LogP contribution is -2.14. The Morgan fingerprint density at radius 2 is 1.94 bits per heavy atom. The molecular formula is C9H5F3INO3. The molecule has 0 saturated heterocycles. The summed E-state index contributed by atoms with van der Waals surface area (Å²) in [6.45, 7) is 1.10. The monoisotopic (exact) mass is 359 g/mol. The fourth-order valence-corrected chi connectivity index (χ4v) is 2.40. The van der Waals surface area contributed by atoms with Crippen LogP contribution in [0.1, 0.15) is 22.8 Å². The summed E-state index contributed by atoms with van der Waals surface area (Å²) in [5.41, 5.74) is -2.61. The molecule has 0 atom stereocenters. The molecule has 0 aromatic heterocycles. The van der Waals surface area contributed by atoms with Crippen molar-refractivity contribution in [1.29, 1.82) is 0 Å². The van der Waals surface area contributed by atoms with Gasteiger partial charge in [0, 0.05) is 15.2 Å². The number of carbonyl (C=O) groups excluding carboxylic acids is 1. The second kappa shape index (κ2) is 4.59. The Balaban J connectivity index is 3.65. The molecule has 0 aliphatic heterocycles. The number of ketones is 1. The highest BCUT2D eigenvalue weighted by Gasteiger charge is 2.41. The van der Waals surface area contributed by atoms with E-state index in [0.717, 1.165) is 13.0 Å². The molecule has 0 radical (unpaired) electrons. The van der Waals surface area contributed by atoms with Crippen molar-refractivity contribution in [3.63, 3.8) is 0 Å². The van der Waals surface area contributed by atoms with E-state index in [0.29, 0.717) is 6.07 Å². The average molecular weight is 359 g/mol. The fourth-order valence-electron chi connectivity index (χ4n) is 1.26. The minimum absolute atomic E-state index is 0.177. The molecule has 0 spiro atoms. The maximum atomic E-state index is 12.7. The Hall–Kier alpha value is -1.19. The summed E-state index contributed by atoms with van der Waals surface area (Å²) in [7, 11) is 0. The van der Waals surface area contributed by atoms with Crippen LogP contribution in [0.25, 0.3) is 0 Å². The van der Waals surface area contributed by atoms with Gasteiger partial charge in [-0.3, -0.25) is 14.9 Å². The van der Waals surface area contributed by atoms with E-state index in [1.807, 2.05) is 0 Å². The number of alkyl halides is 3. The van der Waals surface area contributed by atoms with Gasteiger partial charge in [0.15, 0.2) is 5.78 Å². The molecule has 0 fully saturated rings. The molecule has 1 rings (SSSR count). The average Bonchev–Trinajstić information content (AvgIpc) is 2.14. The molecule has 92 valence electrons. The number of Topliss-reactive ketones (excluding diaryl/α,β-unsaturated/α-hetero) is 1. The Morgan fingerprint density at radius 3 is 2.29 bits per heavy atom. The van der Waals surface area contributed by atoms with Crippen LogP contribution < -0.4 is 0 Å². The van der Waals surface area contributed by atoms with Crippen LogP contribution in [0.2, 0.25) is 0 Å². The van der Waals surface area contributed by atoms with Gasteiger partial charge in [0.05, 0.1) is 4.92 Å². The van der Waals surface area contributed by atoms with Gasteiger partial charge in [0.2, 0.25) is 0 Å². The maximum absolute atomic E-state index is 12.7. The lowest BCUT2D eigenvalue weighted by molar-refractivity contribution is -0.388. The number of hydrogen-bond acceptors (Lipinski definition) is 3. The van der Waals surface area contributed by atoms with Crippen LogP contribution in [0.3, 0.4) is 0 Å². The van der Waals surface area contributed by atoms with E-state index in [1.54, 1.807) is 0 Å². The van der Waals surface area contributed by atoms with Crippen LogP contribution >= 0.6 is 22.6 Å². The third-order valence-corrected chi connectivity index (χ3v) is 3.10. The summed E-state index contributed by atoms with van der Waals surface area (Å²) < 4.78 is 37.6. The summed E-state index contributed by atoms with van der Waals surface area (Å²) in [4.78, 5) is 20.5. The number of halogens is 4. The molecule has 0 N–H and O–H groups in total. The Labute approximate surface area is 107 Å². The Bertz CT molecular complexity index is 499. The molecule has 4 nitrogen and oxygen atoms in total. The normalized spacial score (nSPS) is 11.4. The molecule has 17 heavy (non-hydrogen) atoms. The van der Waals surface area contributed by atoms with Crippen molar-refractivity contribution in [1.82, 2.24) is 0 Å². The summed E-state index contributed by atoms with van der Waals surface area (Å²) in [6.07, 6.45) is -4.87. The predicted molar refractivity (Wildman–Crippen MR) is 60.8 cm³/mol. The number of hydrogen-bond donors (Lipinski definition) is 0. The van der Waals surface area contributed by atoms with Crippen LogP contribution in [-0.2, 0) is 6.18 Å². The molecular weight excluding hydrogens is 354 g/mol. The van der Waals surface area contributed by atoms with E-state index in [2.05, 4.69) is 0 Å². The number of nitro benzene ring substituents is 1. The quantitative estimate of drug-likeness (QED) is 0.352. The third kappa shape index (κ3) is 2.73. The highest BCUT2D eigenvalue weighted by atomic mass is 127. The first kappa shape index (κ1) is 13.9. The van der Waals surface area contributed by atoms with Gasteiger partial charge in [0.25, 0.3) is 5.69 Å². The van der Waals surface area contributed by atoms with E-state index < -0.39 is 31.7 Å². The third-order valence-electron chi connectivity index (χ3n) is 1.98. The smallest absolute Gasteiger partial charge is 0.294 e. The van der Waals surface area contributed by atoms with Crippen LogP contribution in [-0.4, -0.2) is 10.7 Å². The van der Waals surface area contributed by atoms with E-state index in [1.165, 1.54) is 22.6 Å². The SMILES string of the molecule is CC(=O)c1ccc([N+](=O)[O-])c(C(F)(F)F)c1I. The van der Waals surface area contributed by atoms with Crippen molar-refractivity contribution in [2.45, 2.75) is 13.1 Å². The number of carbonyl (C=O) groups is 1. The zero-order chi connectivity index (χ0) is 13.4. The lowest BCUT2D eigenvalue weighted by atomic mass is 10.1. The van der Waals surface area contributed by atoms with Crippen molar-refractivity contribution >= 4 is 34.1 Å². The van der Waals surface area contributed by atoms with Crippen molar-refractivity contribution in [2.24, 2.45) is 0 Å². The molecule has 8 heteroatoms. The fraction of sp³-hybridized carbons (Fsp3) is 0.222. The predicted octanol–water partition coefficient (Wildman–Crippen LogP) is 3.42. The summed E-state index contributed by atoms with van der Waals surface area (Å²) in [5.74, 6) is -0.574. The number of benzene rings is 1. The lowest BCUT2D eigenvalue weighted by Gasteiger charge is -2.11. The summed E-state index contributed by atoms with van der Waals surface area (Å²) in [6, 6.07) is 1.72. The Kier molecular flexibility index (Phi) is 3.74. The highest BCUT2D eigenvalue weighted by Crippen LogP contribution is 2.40. The molecule has 1 aromatic carbocycles. The first-order valence-electron chi connectivity index (χ1n) is 4.21. The zero-order valence-electron chi connectivity index (χ0n) is 8.34. The first-order chi connectivity index (χ1) is 7.66. The zero-order valence-corrected chi connectivity index (χ0v) is 10.5. The number of rotatable bonds is 2. The molecule has 0 heterocycles. The first-order valence-corrected chi connectivity index (χ1v) is 5.29. The highest BCUT2D eigenvalue weighted by molar-refractivity contribution is 14.1. The molecule has 0 unspecified atom stereocenters. The molecule has 0 saturated carbocycles. The summed E-state index contributed by atoms with van der Waals surface area (Å²) >= 11 is 1.30. The van der Waals surface area contributed by atoms with Gasteiger partial charge in [-0.2, -0.15) is 13.2 Å². The molecule has 0 aliphatic rings. The van der Waals surface area contributed by atoms with Crippen molar-refractivity contribution in [3.8, 4) is 0 Å². The van der Waals surface area contributed by atoms with Crippen LogP contribution in [0.4, 0.5) is 18.9 Å². The van der Waals surface area contributed by atoms with Crippen LogP contribution in [0.5, 0.6) is 0 Å². The number of nitrogens with zero attached hydrogens (tertiary/aromatic N) is 1. The molecule has 0 aliphatic carbocycles. The van der Waals surface area contributed by atoms with Crippen molar-refractivity contribution in [2.75, 3.05) is 0 Å². The van der Waals surface area contributed by atoms with Gasteiger partial charge in [-0.25, -0.2) is 0 Å².